The van der Waals surface area contributed by atoms with Crippen molar-refractivity contribution in [3.05, 3.63) is 47.8 Å². The molecule has 1 aliphatic rings. The molecule has 0 atom stereocenters. The first-order chi connectivity index (χ1) is 11.3. The summed E-state index contributed by atoms with van der Waals surface area (Å²) in [5.41, 5.74) is 0.405. The number of nitrogens with one attached hydrogen (secondary N) is 1. The molecule has 2 aromatic rings. The van der Waals surface area contributed by atoms with Crippen LogP contribution in [0.2, 0.25) is 0 Å². The Morgan fingerprint density at radius 2 is 2.04 bits per heavy atom. The molecule has 0 saturated heterocycles. The van der Waals surface area contributed by atoms with E-state index < -0.39 is 15.8 Å². The Bertz CT molecular complexity index is 911. The van der Waals surface area contributed by atoms with E-state index in [4.69, 9.17) is 9.47 Å². The standard InChI is InChI=1S/C16H14FNO5S/c1-24(20,21)18-13-9-15-12(14(19)5-6-22-15)8-16(13)23-11-4-2-3-10(17)7-11/h2-4,7-9,18H,5-6H2,1H3. The zero-order valence-corrected chi connectivity index (χ0v) is 13.5. The van der Waals surface area contributed by atoms with Crippen molar-refractivity contribution < 1.29 is 27.1 Å². The van der Waals surface area contributed by atoms with Gasteiger partial charge in [-0.15, -0.1) is 0 Å². The minimum atomic E-state index is -3.58. The Labute approximate surface area is 138 Å². The maximum atomic E-state index is 13.3. The zero-order chi connectivity index (χ0) is 17.3. The zero-order valence-electron chi connectivity index (χ0n) is 12.7. The highest BCUT2D eigenvalue weighted by molar-refractivity contribution is 7.92. The summed E-state index contributed by atoms with van der Waals surface area (Å²) in [5.74, 6) is -0.0861. The molecule has 1 heterocycles. The third-order valence-corrected chi connectivity index (χ3v) is 3.88. The van der Waals surface area contributed by atoms with Crippen LogP contribution in [0, 0.1) is 5.82 Å². The van der Waals surface area contributed by atoms with Gasteiger partial charge in [0, 0.05) is 18.6 Å². The highest BCUT2D eigenvalue weighted by Gasteiger charge is 2.23. The molecule has 8 heteroatoms. The molecule has 0 saturated carbocycles. The molecule has 0 aromatic heterocycles. The van der Waals surface area contributed by atoms with Crippen molar-refractivity contribution in [2.45, 2.75) is 6.42 Å². The first-order valence-electron chi connectivity index (χ1n) is 7.07. The van der Waals surface area contributed by atoms with Gasteiger partial charge < -0.3 is 9.47 Å². The quantitative estimate of drug-likeness (QED) is 0.916. The third kappa shape index (κ3) is 3.65. The molecule has 0 unspecified atom stereocenters. The molecule has 24 heavy (non-hydrogen) atoms. The summed E-state index contributed by atoms with van der Waals surface area (Å²) >= 11 is 0. The Morgan fingerprint density at radius 1 is 1.25 bits per heavy atom. The summed E-state index contributed by atoms with van der Waals surface area (Å²) in [6, 6.07) is 8.18. The monoisotopic (exact) mass is 351 g/mol. The lowest BCUT2D eigenvalue weighted by Crippen LogP contribution is -2.17. The van der Waals surface area contributed by atoms with Crippen LogP contribution in [0.3, 0.4) is 0 Å². The Morgan fingerprint density at radius 3 is 2.75 bits per heavy atom. The summed E-state index contributed by atoms with van der Waals surface area (Å²) < 4.78 is 49.7. The van der Waals surface area contributed by atoms with Gasteiger partial charge in [-0.25, -0.2) is 12.8 Å². The van der Waals surface area contributed by atoms with E-state index >= 15 is 0 Å². The van der Waals surface area contributed by atoms with Gasteiger partial charge in [0.2, 0.25) is 10.0 Å². The number of carbonyl (C=O) groups is 1. The van der Waals surface area contributed by atoms with Crippen LogP contribution in [0.5, 0.6) is 17.2 Å². The van der Waals surface area contributed by atoms with Crippen LogP contribution >= 0.6 is 0 Å². The summed E-state index contributed by atoms with van der Waals surface area (Å²) in [4.78, 5) is 12.0. The van der Waals surface area contributed by atoms with Crippen LogP contribution in [0.15, 0.2) is 36.4 Å². The normalized spacial score (nSPS) is 13.8. The predicted octanol–water partition coefficient (Wildman–Crippen LogP) is 2.95. The molecule has 6 nitrogen and oxygen atoms in total. The number of ketones is 1. The van der Waals surface area contributed by atoms with Crippen molar-refractivity contribution in [3.8, 4) is 17.2 Å². The van der Waals surface area contributed by atoms with E-state index in [0.717, 1.165) is 12.3 Å². The summed E-state index contributed by atoms with van der Waals surface area (Å²) in [6.07, 6.45) is 1.22. The fourth-order valence-electron chi connectivity index (χ4n) is 2.31. The molecular weight excluding hydrogens is 337 g/mol. The number of ether oxygens (including phenoxy) is 2. The second-order valence-corrected chi connectivity index (χ2v) is 7.05. The van der Waals surface area contributed by atoms with Crippen molar-refractivity contribution in [2.75, 3.05) is 17.6 Å². The molecule has 1 aliphatic heterocycles. The molecular formula is C16H14FNO5S. The third-order valence-electron chi connectivity index (χ3n) is 3.29. The first kappa shape index (κ1) is 16.3. The lowest BCUT2D eigenvalue weighted by Gasteiger charge is -2.20. The van der Waals surface area contributed by atoms with Crippen molar-refractivity contribution in [1.29, 1.82) is 0 Å². The Kier molecular flexibility index (Phi) is 4.15. The van der Waals surface area contributed by atoms with E-state index in [1.807, 2.05) is 0 Å². The van der Waals surface area contributed by atoms with Crippen molar-refractivity contribution in [3.63, 3.8) is 0 Å². The fourth-order valence-corrected chi connectivity index (χ4v) is 2.87. The van der Waals surface area contributed by atoms with Gasteiger partial charge in [-0.2, -0.15) is 0 Å². The minimum absolute atomic E-state index is 0.0867. The van der Waals surface area contributed by atoms with E-state index in [-0.39, 0.29) is 41.7 Å². The Hall–Kier alpha value is -2.61. The largest absolute Gasteiger partial charge is 0.492 e. The maximum absolute atomic E-state index is 13.3. The van der Waals surface area contributed by atoms with Gasteiger partial charge in [-0.05, 0) is 18.2 Å². The molecule has 1 N–H and O–H groups in total. The first-order valence-corrected chi connectivity index (χ1v) is 8.96. The van der Waals surface area contributed by atoms with Crippen molar-refractivity contribution >= 4 is 21.5 Å². The minimum Gasteiger partial charge on any atom is -0.492 e. The Balaban J connectivity index is 2.07. The van der Waals surface area contributed by atoms with Crippen LogP contribution in [-0.4, -0.2) is 27.1 Å². The molecule has 0 amide bonds. The molecule has 0 aliphatic carbocycles. The average Bonchev–Trinajstić information content (AvgIpc) is 2.47. The average molecular weight is 351 g/mol. The van der Waals surface area contributed by atoms with Gasteiger partial charge >= 0.3 is 0 Å². The van der Waals surface area contributed by atoms with E-state index in [9.17, 15) is 17.6 Å². The number of sulfonamides is 1. The number of rotatable bonds is 4. The smallest absolute Gasteiger partial charge is 0.229 e. The lowest BCUT2D eigenvalue weighted by molar-refractivity contribution is 0.0933. The van der Waals surface area contributed by atoms with Gasteiger partial charge in [0.15, 0.2) is 11.5 Å². The van der Waals surface area contributed by atoms with E-state index in [2.05, 4.69) is 4.72 Å². The molecule has 0 fully saturated rings. The number of hydrogen-bond donors (Lipinski definition) is 1. The van der Waals surface area contributed by atoms with Crippen molar-refractivity contribution in [1.82, 2.24) is 0 Å². The molecule has 0 spiro atoms. The van der Waals surface area contributed by atoms with Gasteiger partial charge in [-0.1, -0.05) is 6.07 Å². The number of hydrogen-bond acceptors (Lipinski definition) is 5. The van der Waals surface area contributed by atoms with Crippen LogP contribution in [-0.2, 0) is 10.0 Å². The van der Waals surface area contributed by atoms with Crippen molar-refractivity contribution in [2.24, 2.45) is 0 Å². The van der Waals surface area contributed by atoms with Crippen LogP contribution < -0.4 is 14.2 Å². The summed E-state index contributed by atoms with van der Waals surface area (Å²) in [7, 11) is -3.58. The van der Waals surface area contributed by atoms with Gasteiger partial charge in [0.25, 0.3) is 0 Å². The number of fused-ring (bicyclic) bond motifs is 1. The van der Waals surface area contributed by atoms with Crippen LogP contribution in [0.4, 0.5) is 10.1 Å². The van der Waals surface area contributed by atoms with E-state index in [0.29, 0.717) is 5.56 Å². The number of carbonyl (C=O) groups excluding carboxylic acids is 1. The molecule has 126 valence electrons. The maximum Gasteiger partial charge on any atom is 0.229 e. The van der Waals surface area contributed by atoms with Crippen LogP contribution in [0.1, 0.15) is 16.8 Å². The van der Waals surface area contributed by atoms with Gasteiger partial charge in [0.05, 0.1) is 24.1 Å². The van der Waals surface area contributed by atoms with Gasteiger partial charge in [0.1, 0.15) is 17.3 Å². The number of anilines is 1. The summed E-state index contributed by atoms with van der Waals surface area (Å²) in [5, 5.41) is 0. The second kappa shape index (κ2) is 6.12. The predicted molar refractivity (Wildman–Crippen MR) is 85.8 cm³/mol. The van der Waals surface area contributed by atoms with E-state index in [1.54, 1.807) is 0 Å². The number of halogens is 1. The fraction of sp³-hybridized carbons (Fsp3) is 0.188. The molecule has 0 radical (unpaired) electrons. The molecule has 0 bridgehead atoms. The highest BCUT2D eigenvalue weighted by atomic mass is 32.2. The second-order valence-electron chi connectivity index (χ2n) is 5.30. The topological polar surface area (TPSA) is 81.7 Å². The lowest BCUT2D eigenvalue weighted by atomic mass is 10.0. The molecule has 3 rings (SSSR count). The number of Topliss-reactive ketones (excluding diaryl/α,β-unsaturated/α-hetero) is 1. The SMILES string of the molecule is CS(=O)(=O)Nc1cc2c(cc1Oc1cccc(F)c1)C(=O)CCO2. The molecule has 2 aromatic carbocycles. The highest BCUT2D eigenvalue weighted by Crippen LogP contribution is 2.38. The summed E-state index contributed by atoms with van der Waals surface area (Å²) in [6.45, 7) is 0.230. The number of benzene rings is 2. The van der Waals surface area contributed by atoms with Gasteiger partial charge in [-0.3, -0.25) is 9.52 Å². The van der Waals surface area contributed by atoms with E-state index in [1.165, 1.54) is 30.3 Å². The van der Waals surface area contributed by atoms with Crippen LogP contribution in [0.25, 0.3) is 0 Å².